The predicted molar refractivity (Wildman–Crippen MR) is 89.1 cm³/mol. The molecule has 1 heterocycles. The SMILES string of the molecule is COc1ccc(CN=C(N)NCCc2cccs2)cc1C. The summed E-state index contributed by atoms with van der Waals surface area (Å²) >= 11 is 1.76. The van der Waals surface area contributed by atoms with E-state index in [1.54, 1.807) is 18.4 Å². The second-order valence-electron chi connectivity index (χ2n) is 4.76. The number of nitrogens with two attached hydrogens (primary N) is 1. The van der Waals surface area contributed by atoms with Crippen LogP contribution in [0.15, 0.2) is 40.7 Å². The fraction of sp³-hybridized carbons (Fsp3) is 0.312. The second kappa shape index (κ2) is 7.69. The highest BCUT2D eigenvalue weighted by Crippen LogP contribution is 2.18. The van der Waals surface area contributed by atoms with Gasteiger partial charge in [-0.15, -0.1) is 11.3 Å². The third-order valence-corrected chi connectivity index (χ3v) is 4.09. The Bertz CT molecular complexity index is 594. The highest BCUT2D eigenvalue weighted by molar-refractivity contribution is 7.09. The van der Waals surface area contributed by atoms with Gasteiger partial charge in [-0.25, -0.2) is 4.99 Å². The Balaban J connectivity index is 1.81. The molecule has 0 saturated heterocycles. The van der Waals surface area contributed by atoms with Gasteiger partial charge in [-0.2, -0.15) is 0 Å². The van der Waals surface area contributed by atoms with Crippen molar-refractivity contribution in [1.29, 1.82) is 0 Å². The Kier molecular flexibility index (Phi) is 5.63. The van der Waals surface area contributed by atoms with E-state index in [-0.39, 0.29) is 0 Å². The third kappa shape index (κ3) is 4.79. The average molecular weight is 303 g/mol. The zero-order valence-electron chi connectivity index (χ0n) is 12.4. The van der Waals surface area contributed by atoms with Crippen molar-refractivity contribution in [3.8, 4) is 5.75 Å². The highest BCUT2D eigenvalue weighted by Gasteiger charge is 2.00. The summed E-state index contributed by atoms with van der Waals surface area (Å²) in [6.45, 7) is 3.40. The van der Waals surface area contributed by atoms with Crippen LogP contribution in [-0.4, -0.2) is 19.6 Å². The van der Waals surface area contributed by atoms with E-state index in [1.165, 1.54) is 4.88 Å². The average Bonchev–Trinajstić information content (AvgIpc) is 2.98. The molecule has 0 amide bonds. The van der Waals surface area contributed by atoms with Gasteiger partial charge >= 0.3 is 0 Å². The number of hydrogen-bond donors (Lipinski definition) is 2. The molecule has 5 heteroatoms. The Hall–Kier alpha value is -2.01. The molecule has 0 atom stereocenters. The minimum absolute atomic E-state index is 0.486. The first-order valence-corrected chi connectivity index (χ1v) is 7.76. The number of hydrogen-bond acceptors (Lipinski definition) is 3. The number of nitrogens with zero attached hydrogens (tertiary/aromatic N) is 1. The van der Waals surface area contributed by atoms with Gasteiger partial charge in [0.2, 0.25) is 0 Å². The van der Waals surface area contributed by atoms with E-state index in [0.717, 1.165) is 29.8 Å². The number of rotatable bonds is 6. The van der Waals surface area contributed by atoms with Gasteiger partial charge in [0.1, 0.15) is 5.75 Å². The van der Waals surface area contributed by atoms with Crippen LogP contribution < -0.4 is 15.8 Å². The first-order chi connectivity index (χ1) is 10.2. The predicted octanol–water partition coefficient (Wildman–Crippen LogP) is 2.71. The minimum atomic E-state index is 0.486. The van der Waals surface area contributed by atoms with Gasteiger partial charge in [-0.1, -0.05) is 18.2 Å². The minimum Gasteiger partial charge on any atom is -0.496 e. The first-order valence-electron chi connectivity index (χ1n) is 6.88. The molecule has 0 fully saturated rings. The molecule has 0 aliphatic rings. The van der Waals surface area contributed by atoms with Gasteiger partial charge in [0, 0.05) is 11.4 Å². The molecule has 4 nitrogen and oxygen atoms in total. The Morgan fingerprint density at radius 3 is 2.90 bits per heavy atom. The van der Waals surface area contributed by atoms with Crippen LogP contribution in [0, 0.1) is 6.92 Å². The lowest BCUT2D eigenvalue weighted by atomic mass is 10.1. The zero-order chi connectivity index (χ0) is 15.1. The molecule has 0 aliphatic heterocycles. The summed E-state index contributed by atoms with van der Waals surface area (Å²) in [4.78, 5) is 5.70. The largest absolute Gasteiger partial charge is 0.496 e. The van der Waals surface area contributed by atoms with E-state index >= 15 is 0 Å². The molecule has 1 aromatic heterocycles. The summed E-state index contributed by atoms with van der Waals surface area (Å²) in [5, 5.41) is 5.22. The number of methoxy groups -OCH3 is 1. The molecule has 0 radical (unpaired) electrons. The van der Waals surface area contributed by atoms with Crippen molar-refractivity contribution in [2.24, 2.45) is 10.7 Å². The monoisotopic (exact) mass is 303 g/mol. The van der Waals surface area contributed by atoms with E-state index < -0.39 is 0 Å². The molecule has 0 spiro atoms. The van der Waals surface area contributed by atoms with Crippen molar-refractivity contribution < 1.29 is 4.74 Å². The van der Waals surface area contributed by atoms with Gasteiger partial charge < -0.3 is 15.8 Å². The normalized spacial score (nSPS) is 11.4. The molecule has 112 valence electrons. The van der Waals surface area contributed by atoms with Gasteiger partial charge in [0.25, 0.3) is 0 Å². The van der Waals surface area contributed by atoms with Gasteiger partial charge in [0.15, 0.2) is 5.96 Å². The highest BCUT2D eigenvalue weighted by atomic mass is 32.1. The Morgan fingerprint density at radius 2 is 2.24 bits per heavy atom. The lowest BCUT2D eigenvalue weighted by Crippen LogP contribution is -2.33. The van der Waals surface area contributed by atoms with Crippen LogP contribution in [0.3, 0.4) is 0 Å². The molecule has 0 saturated carbocycles. The maximum atomic E-state index is 5.87. The maximum Gasteiger partial charge on any atom is 0.188 e. The van der Waals surface area contributed by atoms with Crippen LogP contribution >= 0.6 is 11.3 Å². The van der Waals surface area contributed by atoms with Crippen molar-refractivity contribution in [3.05, 3.63) is 51.7 Å². The van der Waals surface area contributed by atoms with Crippen LogP contribution in [-0.2, 0) is 13.0 Å². The van der Waals surface area contributed by atoms with Crippen molar-refractivity contribution in [2.45, 2.75) is 19.9 Å². The lowest BCUT2D eigenvalue weighted by Gasteiger charge is -2.07. The smallest absolute Gasteiger partial charge is 0.188 e. The van der Waals surface area contributed by atoms with Gasteiger partial charge in [-0.3, -0.25) is 0 Å². The van der Waals surface area contributed by atoms with Crippen molar-refractivity contribution in [2.75, 3.05) is 13.7 Å². The lowest BCUT2D eigenvalue weighted by molar-refractivity contribution is 0.411. The van der Waals surface area contributed by atoms with E-state index in [4.69, 9.17) is 10.5 Å². The van der Waals surface area contributed by atoms with Crippen LogP contribution in [0.5, 0.6) is 5.75 Å². The topological polar surface area (TPSA) is 59.6 Å². The number of aliphatic imine (C=N–C) groups is 1. The van der Waals surface area contributed by atoms with Gasteiger partial charge in [0.05, 0.1) is 13.7 Å². The molecule has 2 aromatic rings. The first kappa shape index (κ1) is 15.4. The number of ether oxygens (including phenoxy) is 1. The van der Waals surface area contributed by atoms with E-state index in [2.05, 4.69) is 33.9 Å². The van der Waals surface area contributed by atoms with Crippen LogP contribution in [0.2, 0.25) is 0 Å². The number of thiophene rings is 1. The molecule has 2 rings (SSSR count). The number of benzene rings is 1. The fourth-order valence-corrected chi connectivity index (χ4v) is 2.75. The molecule has 0 unspecified atom stereocenters. The summed E-state index contributed by atoms with van der Waals surface area (Å²) < 4.78 is 5.24. The van der Waals surface area contributed by atoms with E-state index in [1.807, 2.05) is 19.1 Å². The maximum absolute atomic E-state index is 5.87. The molecule has 1 aromatic carbocycles. The third-order valence-electron chi connectivity index (χ3n) is 3.15. The van der Waals surface area contributed by atoms with E-state index in [0.29, 0.717) is 12.5 Å². The zero-order valence-corrected chi connectivity index (χ0v) is 13.2. The molecular formula is C16H21N3OS. The molecule has 0 bridgehead atoms. The number of guanidine groups is 1. The van der Waals surface area contributed by atoms with E-state index in [9.17, 15) is 0 Å². The molecule has 0 aliphatic carbocycles. The van der Waals surface area contributed by atoms with Crippen LogP contribution in [0.25, 0.3) is 0 Å². The summed E-state index contributed by atoms with van der Waals surface area (Å²) in [6.07, 6.45) is 0.968. The van der Waals surface area contributed by atoms with Gasteiger partial charge in [-0.05, 0) is 42.0 Å². The molecule has 21 heavy (non-hydrogen) atoms. The summed E-state index contributed by atoms with van der Waals surface area (Å²) in [5.41, 5.74) is 8.10. The van der Waals surface area contributed by atoms with Crippen LogP contribution in [0.4, 0.5) is 0 Å². The van der Waals surface area contributed by atoms with Crippen molar-refractivity contribution >= 4 is 17.3 Å². The Morgan fingerprint density at radius 1 is 1.38 bits per heavy atom. The quantitative estimate of drug-likeness (QED) is 0.637. The standard InChI is InChI=1S/C16H21N3OS/c1-12-10-13(5-6-15(12)20-2)11-19-16(17)18-8-7-14-4-3-9-21-14/h3-6,9-10H,7-8,11H2,1-2H3,(H3,17,18,19). The summed E-state index contributed by atoms with van der Waals surface area (Å²) in [7, 11) is 1.68. The van der Waals surface area contributed by atoms with Crippen molar-refractivity contribution in [3.63, 3.8) is 0 Å². The Labute approximate surface area is 129 Å². The summed E-state index contributed by atoms with van der Waals surface area (Å²) in [5.74, 6) is 1.38. The van der Waals surface area contributed by atoms with Crippen LogP contribution in [0.1, 0.15) is 16.0 Å². The van der Waals surface area contributed by atoms with Crippen molar-refractivity contribution in [1.82, 2.24) is 5.32 Å². The number of aryl methyl sites for hydroxylation is 1. The molecular weight excluding hydrogens is 282 g/mol. The molecule has 3 N–H and O–H groups in total. The fourth-order valence-electron chi connectivity index (χ4n) is 2.04. The number of nitrogens with one attached hydrogen (secondary N) is 1. The summed E-state index contributed by atoms with van der Waals surface area (Å²) in [6, 6.07) is 10.2. The second-order valence-corrected chi connectivity index (χ2v) is 5.79.